The fourth-order valence-electron chi connectivity index (χ4n) is 7.08. The van der Waals surface area contributed by atoms with Crippen molar-refractivity contribution >= 4 is 105 Å². The number of imidazole rings is 1. The zero-order valence-electron chi connectivity index (χ0n) is 35.8. The Bertz CT molecular complexity index is 2900. The number of fused-ring (bicyclic) bond motifs is 2. The number of thiazole rings is 2. The molecule has 0 spiro atoms. The van der Waals surface area contributed by atoms with E-state index in [-0.39, 0.29) is 33.7 Å². The molecule has 0 aliphatic heterocycles. The van der Waals surface area contributed by atoms with E-state index in [1.807, 2.05) is 54.3 Å². The van der Waals surface area contributed by atoms with Gasteiger partial charge in [-0.1, -0.05) is 73.6 Å². The highest BCUT2D eigenvalue weighted by molar-refractivity contribution is 7.88. The average molecular weight is 991 g/mol. The molecule has 0 saturated heterocycles. The topological polar surface area (TPSA) is 193 Å². The van der Waals surface area contributed by atoms with Crippen molar-refractivity contribution in [3.63, 3.8) is 0 Å². The maximum Gasteiger partial charge on any atom is 0.162 e. The third-order valence-corrected chi connectivity index (χ3v) is 17.9. The maximum atomic E-state index is 12.9. The van der Waals surface area contributed by atoms with Crippen LogP contribution in [0.5, 0.6) is 0 Å². The predicted molar refractivity (Wildman–Crippen MR) is 278 cm³/mol. The molecule has 5 N–H and O–H groups in total. The van der Waals surface area contributed by atoms with Gasteiger partial charge in [0, 0.05) is 82.6 Å². The summed E-state index contributed by atoms with van der Waals surface area (Å²) in [5.74, 6) is 2.47. The number of anilines is 2. The molecule has 2 atom stereocenters. The van der Waals surface area contributed by atoms with Crippen molar-refractivity contribution in [3.8, 4) is 43.8 Å². The van der Waals surface area contributed by atoms with Gasteiger partial charge in [-0.05, 0) is 48.6 Å². The summed E-state index contributed by atoms with van der Waals surface area (Å²) in [5, 5.41) is 16.2. The van der Waals surface area contributed by atoms with Crippen molar-refractivity contribution in [3.05, 3.63) is 77.1 Å². The van der Waals surface area contributed by atoms with E-state index in [0.717, 1.165) is 95.1 Å². The van der Waals surface area contributed by atoms with E-state index in [2.05, 4.69) is 47.2 Å². The highest BCUT2D eigenvalue weighted by Crippen LogP contribution is 2.45. The lowest BCUT2D eigenvalue weighted by Crippen LogP contribution is -2.02. The molecular formula is C47H58N8O4S6. The van der Waals surface area contributed by atoms with Crippen LogP contribution in [0, 0.1) is 0 Å². The van der Waals surface area contributed by atoms with Crippen molar-refractivity contribution < 1.29 is 18.3 Å². The van der Waals surface area contributed by atoms with E-state index in [1.165, 1.54) is 34.0 Å². The lowest BCUT2D eigenvalue weighted by atomic mass is 9.97. The average Bonchev–Trinajstić information content (AvgIpc) is 4.15. The zero-order chi connectivity index (χ0) is 44.8. The van der Waals surface area contributed by atoms with Crippen molar-refractivity contribution in [1.82, 2.24) is 29.5 Å². The standard InChI is InChI=1S/C24H25N3O3S3.C21H25N5OS3.2CH4/c1-2-3-12-33(30)24-21(25)20-17(14-18(27-23(20)32-24)22-26-9-11-31-22)15-6-4-7-16(13-15)19(29)8-5-10-28;1-5-6-9-30(27)21-17(22)16-13(15-11-24-18(12(2)3)26(15)4)10-14(25-20(16)29-21)19-23-7-8-28-19;;/h4,6-7,9,11,13-14,28H,2-3,5,8,10,12,25H2,1H3;7-8,10-12H,5-6,9,22H2,1-4H3;2*1H4. The van der Waals surface area contributed by atoms with Crippen LogP contribution in [0.15, 0.2) is 74.2 Å². The molecule has 0 fully saturated rings. The van der Waals surface area contributed by atoms with E-state index < -0.39 is 21.6 Å². The number of carbonyl (C=O) groups is 1. The first-order valence-electron chi connectivity index (χ1n) is 20.7. The number of hydrogen-bond donors (Lipinski definition) is 3. The molecule has 12 nitrogen and oxygen atoms in total. The zero-order valence-corrected chi connectivity index (χ0v) is 40.7. The Labute approximate surface area is 402 Å². The van der Waals surface area contributed by atoms with Crippen LogP contribution >= 0.6 is 45.3 Å². The Morgan fingerprint density at radius 2 is 1.32 bits per heavy atom. The van der Waals surface area contributed by atoms with Gasteiger partial charge in [-0.15, -0.1) is 45.3 Å². The lowest BCUT2D eigenvalue weighted by Gasteiger charge is -2.11. The van der Waals surface area contributed by atoms with Crippen molar-refractivity contribution in [2.24, 2.45) is 7.05 Å². The molecular weight excluding hydrogens is 933 g/mol. The summed E-state index contributed by atoms with van der Waals surface area (Å²) in [7, 11) is -0.290. The molecule has 0 bridgehead atoms. The van der Waals surface area contributed by atoms with Crippen LogP contribution in [0.2, 0.25) is 0 Å². The number of carbonyl (C=O) groups excluding carboxylic acids is 1. The second-order valence-corrected chi connectivity index (χ2v) is 22.4. The second-order valence-electron chi connectivity index (χ2n) is 15.1. The number of thiophene rings is 2. The Balaban J connectivity index is 0.000000238. The summed E-state index contributed by atoms with van der Waals surface area (Å²) in [6, 6.07) is 11.4. The molecule has 0 aliphatic rings. The smallest absolute Gasteiger partial charge is 0.162 e. The van der Waals surface area contributed by atoms with Gasteiger partial charge >= 0.3 is 0 Å². The van der Waals surface area contributed by atoms with Crippen LogP contribution in [-0.2, 0) is 28.6 Å². The molecule has 8 rings (SSSR count). The van der Waals surface area contributed by atoms with E-state index in [4.69, 9.17) is 26.5 Å². The number of Topliss-reactive ketones (excluding diaryl/α,β-unsaturated/α-hetero) is 1. The molecule has 0 saturated carbocycles. The molecule has 0 radical (unpaired) electrons. The number of ketones is 1. The Morgan fingerprint density at radius 3 is 1.80 bits per heavy atom. The SMILES string of the molecule is C.C.CCCCS(=O)c1sc2nc(-c3nccs3)cc(-c3cccc(C(=O)CCCO)c3)c2c1N.CCCCS(=O)c1sc2nc(-c3nccs3)cc(-c3cnc(C(C)C)n3C)c2c1N. The first-order valence-corrected chi connectivity index (χ1v) is 26.8. The summed E-state index contributed by atoms with van der Waals surface area (Å²) in [4.78, 5) is 37.2. The number of nitrogens with zero attached hydrogens (tertiary/aromatic N) is 6. The van der Waals surface area contributed by atoms with E-state index in [0.29, 0.717) is 49.8 Å². The van der Waals surface area contributed by atoms with Crippen LogP contribution in [0.1, 0.15) is 103 Å². The number of unbranched alkanes of at least 4 members (excludes halogenated alkanes) is 2. The minimum Gasteiger partial charge on any atom is -0.396 e. The highest BCUT2D eigenvalue weighted by Gasteiger charge is 2.25. The second kappa shape index (κ2) is 23.3. The first-order chi connectivity index (χ1) is 30.4. The molecule has 1 aromatic carbocycles. The van der Waals surface area contributed by atoms with Gasteiger partial charge in [0.1, 0.15) is 45.3 Å². The molecule has 7 heterocycles. The van der Waals surface area contributed by atoms with Crippen molar-refractivity contribution in [2.75, 3.05) is 29.6 Å². The number of rotatable bonds is 17. The number of nitrogen functional groups attached to an aromatic ring is 2. The van der Waals surface area contributed by atoms with Crippen LogP contribution in [0.3, 0.4) is 0 Å². The summed E-state index contributed by atoms with van der Waals surface area (Å²) < 4.78 is 29.3. The van der Waals surface area contributed by atoms with E-state index >= 15 is 0 Å². The van der Waals surface area contributed by atoms with Crippen LogP contribution < -0.4 is 11.5 Å². The third-order valence-electron chi connectivity index (χ3n) is 10.3. The van der Waals surface area contributed by atoms with Gasteiger partial charge in [0.05, 0.1) is 44.9 Å². The molecule has 346 valence electrons. The van der Waals surface area contributed by atoms with Gasteiger partial charge in [0.2, 0.25) is 0 Å². The molecule has 18 heteroatoms. The number of aliphatic hydroxyl groups is 1. The van der Waals surface area contributed by atoms with Crippen LogP contribution in [0.4, 0.5) is 11.4 Å². The highest BCUT2D eigenvalue weighted by atomic mass is 32.2. The monoisotopic (exact) mass is 990 g/mol. The van der Waals surface area contributed by atoms with Crippen molar-refractivity contribution in [1.29, 1.82) is 0 Å². The number of aliphatic hydroxyl groups excluding tert-OH is 1. The Kier molecular flexibility index (Phi) is 18.4. The number of nitrogens with two attached hydrogens (primary N) is 2. The van der Waals surface area contributed by atoms with Gasteiger partial charge in [0.15, 0.2) is 5.78 Å². The van der Waals surface area contributed by atoms with Crippen LogP contribution in [0.25, 0.3) is 64.2 Å². The van der Waals surface area contributed by atoms with Gasteiger partial charge < -0.3 is 21.1 Å². The first kappa shape index (κ1) is 51.4. The minimum atomic E-state index is -1.19. The molecule has 0 aliphatic carbocycles. The number of benzene rings is 1. The molecule has 0 amide bonds. The normalized spacial score (nSPS) is 12.2. The molecule has 7 aromatic heterocycles. The molecule has 8 aromatic rings. The Hall–Kier alpha value is -4.56. The summed E-state index contributed by atoms with van der Waals surface area (Å²) in [6.45, 7) is 8.41. The van der Waals surface area contributed by atoms with E-state index in [1.54, 1.807) is 29.8 Å². The largest absolute Gasteiger partial charge is 0.396 e. The summed E-state index contributed by atoms with van der Waals surface area (Å²) >= 11 is 5.85. The summed E-state index contributed by atoms with van der Waals surface area (Å²) in [6.07, 6.45) is 9.86. The molecule has 2 unspecified atom stereocenters. The third kappa shape index (κ3) is 11.2. The van der Waals surface area contributed by atoms with E-state index in [9.17, 15) is 13.2 Å². The summed E-state index contributed by atoms with van der Waals surface area (Å²) in [5.41, 5.74) is 19.9. The number of aromatic nitrogens is 6. The fourth-order valence-corrected chi connectivity index (χ4v) is 13.9. The van der Waals surface area contributed by atoms with Crippen molar-refractivity contribution in [2.45, 2.75) is 95.4 Å². The lowest BCUT2D eigenvalue weighted by molar-refractivity contribution is 0.0971. The van der Waals surface area contributed by atoms with Gasteiger partial charge in [-0.25, -0.2) is 24.9 Å². The molecule has 65 heavy (non-hydrogen) atoms. The number of pyridine rings is 2. The minimum absolute atomic E-state index is 0. The van der Waals surface area contributed by atoms with Gasteiger partial charge in [-0.3, -0.25) is 13.2 Å². The Morgan fingerprint density at radius 1 is 0.785 bits per heavy atom. The van der Waals surface area contributed by atoms with Gasteiger partial charge in [-0.2, -0.15) is 0 Å². The quantitative estimate of drug-likeness (QED) is 0.0735. The predicted octanol–water partition coefficient (Wildman–Crippen LogP) is 12.2. The fraction of sp³-hybridized carbons (Fsp3) is 0.362. The maximum absolute atomic E-state index is 12.9. The number of hydrogen-bond acceptors (Lipinski definition) is 15. The van der Waals surface area contributed by atoms with Crippen LogP contribution in [-0.4, -0.2) is 66.9 Å². The van der Waals surface area contributed by atoms with Gasteiger partial charge in [0.25, 0.3) is 0 Å².